The smallest absolute Gasteiger partial charge is 0.365 e. The molecular formula is C14H11NO4S. The second kappa shape index (κ2) is 4.28. The molecule has 1 heterocycles. The van der Waals surface area contributed by atoms with Crippen LogP contribution in [0.2, 0.25) is 0 Å². The van der Waals surface area contributed by atoms with Crippen LogP contribution in [0.25, 0.3) is 0 Å². The van der Waals surface area contributed by atoms with Gasteiger partial charge in [0.1, 0.15) is 0 Å². The summed E-state index contributed by atoms with van der Waals surface area (Å²) in [6.45, 7) is 0. The summed E-state index contributed by atoms with van der Waals surface area (Å²) >= 11 is 0. The number of fused-ring (bicyclic) bond motifs is 2. The monoisotopic (exact) mass is 289 g/mol. The van der Waals surface area contributed by atoms with Crippen molar-refractivity contribution in [1.29, 1.82) is 0 Å². The van der Waals surface area contributed by atoms with Gasteiger partial charge in [-0.3, -0.25) is 0 Å². The van der Waals surface area contributed by atoms with E-state index in [0.29, 0.717) is 21.2 Å². The van der Waals surface area contributed by atoms with Crippen LogP contribution in [0.5, 0.6) is 0 Å². The van der Waals surface area contributed by atoms with Crippen molar-refractivity contribution in [2.75, 3.05) is 5.32 Å². The summed E-state index contributed by atoms with van der Waals surface area (Å²) in [4.78, 5) is 24.4. The van der Waals surface area contributed by atoms with Crippen molar-refractivity contribution in [1.82, 2.24) is 0 Å². The summed E-state index contributed by atoms with van der Waals surface area (Å²) in [5.41, 5.74) is 1.07. The predicted octanol–water partition coefficient (Wildman–Crippen LogP) is 4.32. The van der Waals surface area contributed by atoms with Crippen molar-refractivity contribution in [3.63, 3.8) is 0 Å². The molecule has 0 spiro atoms. The highest BCUT2D eigenvalue weighted by atomic mass is 32.3. The number of para-hydroxylation sites is 2. The third-order valence-corrected chi connectivity index (χ3v) is 6.31. The Morgan fingerprint density at radius 1 is 0.800 bits per heavy atom. The molecule has 2 aromatic carbocycles. The summed E-state index contributed by atoms with van der Waals surface area (Å²) in [7, 11) is -3.18. The fourth-order valence-electron chi connectivity index (χ4n) is 2.39. The number of nitrogens with one attached hydrogen (secondary N) is 1. The van der Waals surface area contributed by atoms with Crippen LogP contribution in [0.15, 0.2) is 58.3 Å². The van der Waals surface area contributed by atoms with Gasteiger partial charge in [-0.2, -0.15) is 0 Å². The Labute approximate surface area is 116 Å². The molecule has 3 rings (SSSR count). The van der Waals surface area contributed by atoms with Crippen molar-refractivity contribution in [3.8, 4) is 0 Å². The molecule has 5 nitrogen and oxygen atoms in total. The topological polar surface area (TPSA) is 86.6 Å². The Bertz CT molecular complexity index is 667. The highest BCUT2D eigenvalue weighted by Crippen LogP contribution is 2.69. The van der Waals surface area contributed by atoms with Crippen molar-refractivity contribution in [2.45, 2.75) is 9.79 Å². The van der Waals surface area contributed by atoms with E-state index >= 15 is 0 Å². The minimum Gasteiger partial charge on any atom is -0.473 e. The lowest BCUT2D eigenvalue weighted by Gasteiger charge is -2.37. The maximum Gasteiger partial charge on any atom is 0.365 e. The first-order chi connectivity index (χ1) is 9.58. The summed E-state index contributed by atoms with van der Waals surface area (Å²) in [6.07, 6.45) is 0. The first-order valence-corrected chi connectivity index (χ1v) is 7.46. The van der Waals surface area contributed by atoms with Crippen LogP contribution in [0, 0.1) is 0 Å². The van der Waals surface area contributed by atoms with Gasteiger partial charge in [0.25, 0.3) is 0 Å². The van der Waals surface area contributed by atoms with Gasteiger partial charge in [0.15, 0.2) is 0 Å². The first kappa shape index (κ1) is 12.6. The molecule has 0 radical (unpaired) electrons. The lowest BCUT2D eigenvalue weighted by molar-refractivity contribution is 0.215. The van der Waals surface area contributed by atoms with Gasteiger partial charge in [-0.05, 0) is 24.3 Å². The Hall–Kier alpha value is -2.47. The Kier molecular flexibility index (Phi) is 2.69. The summed E-state index contributed by atoms with van der Waals surface area (Å²) in [5, 5.41) is 19.8. The molecule has 2 aromatic rings. The second-order valence-corrected chi connectivity index (χ2v) is 7.06. The molecule has 0 saturated heterocycles. The van der Waals surface area contributed by atoms with Crippen LogP contribution >= 0.6 is 10.0 Å². The third kappa shape index (κ3) is 1.45. The maximum atomic E-state index is 11.9. The molecule has 20 heavy (non-hydrogen) atoms. The predicted molar refractivity (Wildman–Crippen MR) is 76.3 cm³/mol. The molecule has 0 aromatic heterocycles. The molecule has 102 valence electrons. The number of carboxylic acid groups (broad SMARTS) is 2. The van der Waals surface area contributed by atoms with Crippen LogP contribution in [-0.4, -0.2) is 20.8 Å². The van der Waals surface area contributed by atoms with Gasteiger partial charge in [-0.15, -0.1) is 0 Å². The van der Waals surface area contributed by atoms with Gasteiger partial charge < -0.3 is 15.5 Å². The van der Waals surface area contributed by atoms with Crippen LogP contribution in [-0.2, 0) is 0 Å². The highest BCUT2D eigenvalue weighted by Gasteiger charge is 2.49. The van der Waals surface area contributed by atoms with Gasteiger partial charge in [0, 0.05) is 19.8 Å². The second-order valence-electron chi connectivity index (χ2n) is 4.26. The average molecular weight is 289 g/mol. The van der Waals surface area contributed by atoms with E-state index in [1.807, 2.05) is 0 Å². The van der Waals surface area contributed by atoms with Crippen molar-refractivity contribution in [3.05, 3.63) is 48.5 Å². The fourth-order valence-corrected chi connectivity index (χ4v) is 4.99. The number of hydrogen-bond donors (Lipinski definition) is 3. The largest absolute Gasteiger partial charge is 0.473 e. The van der Waals surface area contributed by atoms with E-state index in [-0.39, 0.29) is 0 Å². The van der Waals surface area contributed by atoms with Gasteiger partial charge in [-0.1, -0.05) is 24.3 Å². The number of carbonyl (C=O) groups is 2. The van der Waals surface area contributed by atoms with E-state index in [0.717, 1.165) is 0 Å². The zero-order chi connectivity index (χ0) is 14.3. The van der Waals surface area contributed by atoms with E-state index in [4.69, 9.17) is 0 Å². The van der Waals surface area contributed by atoms with Gasteiger partial charge in [0.05, 0.1) is 11.4 Å². The van der Waals surface area contributed by atoms with E-state index in [2.05, 4.69) is 5.32 Å². The van der Waals surface area contributed by atoms with Crippen molar-refractivity contribution >= 4 is 32.0 Å². The summed E-state index contributed by atoms with van der Waals surface area (Å²) < 4.78 is 0. The Morgan fingerprint density at radius 2 is 1.20 bits per heavy atom. The number of rotatable bonds is 0. The fraction of sp³-hybridized carbons (Fsp3) is 0. The molecule has 0 atom stereocenters. The summed E-state index contributed by atoms with van der Waals surface area (Å²) in [5.74, 6) is 0. The number of hydrogen-bond acceptors (Lipinski definition) is 3. The van der Waals surface area contributed by atoms with E-state index < -0.39 is 20.6 Å². The van der Waals surface area contributed by atoms with Crippen LogP contribution in [0.4, 0.5) is 21.0 Å². The SMILES string of the molecule is O=C(O)S1(C(=O)O)c2ccccc2Nc2ccccc21. The molecular weight excluding hydrogens is 278 g/mol. The zero-order valence-corrected chi connectivity index (χ0v) is 11.1. The van der Waals surface area contributed by atoms with E-state index in [1.165, 1.54) is 0 Å². The lowest BCUT2D eigenvalue weighted by atomic mass is 10.2. The van der Waals surface area contributed by atoms with Gasteiger partial charge in [-0.25, -0.2) is 9.59 Å². The van der Waals surface area contributed by atoms with E-state index in [1.54, 1.807) is 48.5 Å². The zero-order valence-electron chi connectivity index (χ0n) is 10.2. The number of anilines is 2. The molecule has 1 aliphatic heterocycles. The lowest BCUT2D eigenvalue weighted by Crippen LogP contribution is -2.24. The molecule has 0 saturated carbocycles. The van der Waals surface area contributed by atoms with Crippen LogP contribution in [0.1, 0.15) is 0 Å². The standard InChI is InChI=1S/C14H11NO4S/c16-13(17)20(14(18)19)11-7-3-1-5-9(11)15-10-6-2-4-8-12(10)20/h1-8,15H,(H,16,17)(H,18,19). The molecule has 0 unspecified atom stereocenters. The first-order valence-electron chi connectivity index (χ1n) is 5.83. The Balaban J connectivity index is 2.44. The normalized spacial score (nSPS) is 16.2. The quantitative estimate of drug-likeness (QED) is 0.672. The van der Waals surface area contributed by atoms with Crippen LogP contribution in [0.3, 0.4) is 0 Å². The summed E-state index contributed by atoms with van der Waals surface area (Å²) in [6, 6.07) is 13.3. The molecule has 1 aliphatic rings. The van der Waals surface area contributed by atoms with Crippen molar-refractivity contribution < 1.29 is 19.8 Å². The molecule has 0 aliphatic carbocycles. The van der Waals surface area contributed by atoms with Gasteiger partial charge in [0.2, 0.25) is 0 Å². The highest BCUT2D eigenvalue weighted by molar-refractivity contribution is 8.55. The van der Waals surface area contributed by atoms with Crippen LogP contribution < -0.4 is 5.32 Å². The molecule has 0 fully saturated rings. The minimum absolute atomic E-state index is 0.318. The molecule has 6 heteroatoms. The molecule has 0 bridgehead atoms. The van der Waals surface area contributed by atoms with Crippen molar-refractivity contribution in [2.24, 2.45) is 0 Å². The third-order valence-electron chi connectivity index (χ3n) is 3.23. The Morgan fingerprint density at radius 3 is 1.60 bits per heavy atom. The minimum atomic E-state index is -3.18. The van der Waals surface area contributed by atoms with Gasteiger partial charge >= 0.3 is 10.6 Å². The molecule has 3 N–H and O–H groups in total. The maximum absolute atomic E-state index is 11.9. The average Bonchev–Trinajstić information content (AvgIpc) is 2.43. The molecule has 0 amide bonds. The number of benzene rings is 2. The van der Waals surface area contributed by atoms with E-state index in [9.17, 15) is 19.8 Å².